The summed E-state index contributed by atoms with van der Waals surface area (Å²) in [4.78, 5) is 13.0. The van der Waals surface area contributed by atoms with E-state index in [4.69, 9.17) is 14.2 Å². The lowest BCUT2D eigenvalue weighted by atomic mass is 9.97. The van der Waals surface area contributed by atoms with Crippen molar-refractivity contribution in [3.63, 3.8) is 0 Å². The van der Waals surface area contributed by atoms with E-state index < -0.39 is 11.7 Å². The number of carbonyl (C=O) groups is 1. The molecule has 7 heteroatoms. The van der Waals surface area contributed by atoms with Crippen molar-refractivity contribution in [3.8, 4) is 17.2 Å². The molecule has 1 heterocycles. The number of alkyl halides is 3. The van der Waals surface area contributed by atoms with Crippen LogP contribution < -0.4 is 14.2 Å². The predicted molar refractivity (Wildman–Crippen MR) is 93.4 cm³/mol. The van der Waals surface area contributed by atoms with Crippen LogP contribution in [0.25, 0.3) is 6.08 Å². The highest BCUT2D eigenvalue weighted by Crippen LogP contribution is 2.38. The molecule has 3 rings (SSSR count). The Kier molecular flexibility index (Phi) is 5.12. The first-order valence-corrected chi connectivity index (χ1v) is 8.15. The van der Waals surface area contributed by atoms with Gasteiger partial charge in [-0.05, 0) is 23.8 Å². The fourth-order valence-electron chi connectivity index (χ4n) is 2.83. The second-order valence-electron chi connectivity index (χ2n) is 5.92. The van der Waals surface area contributed by atoms with Gasteiger partial charge >= 0.3 is 6.18 Å². The van der Waals surface area contributed by atoms with Gasteiger partial charge in [-0.15, -0.1) is 0 Å². The Balaban J connectivity index is 1.99. The Morgan fingerprint density at radius 3 is 2.37 bits per heavy atom. The van der Waals surface area contributed by atoms with Crippen LogP contribution in [0.5, 0.6) is 17.2 Å². The van der Waals surface area contributed by atoms with Crippen LogP contribution in [-0.4, -0.2) is 26.6 Å². The number of halogens is 3. The van der Waals surface area contributed by atoms with Crippen LogP contribution in [-0.2, 0) is 6.18 Å². The zero-order valence-electron chi connectivity index (χ0n) is 14.7. The zero-order valence-corrected chi connectivity index (χ0v) is 14.7. The number of hydrogen-bond donors (Lipinski definition) is 0. The minimum absolute atomic E-state index is 0.252. The lowest BCUT2D eigenvalue weighted by Crippen LogP contribution is -2.06. The maximum absolute atomic E-state index is 13.0. The molecule has 0 aromatic heterocycles. The molecule has 1 aliphatic heterocycles. The molecule has 0 unspecified atom stereocenters. The van der Waals surface area contributed by atoms with Gasteiger partial charge in [0.1, 0.15) is 22.8 Å². The number of hydrogen-bond acceptors (Lipinski definition) is 4. The monoisotopic (exact) mass is 378 g/mol. The van der Waals surface area contributed by atoms with E-state index in [1.165, 1.54) is 26.4 Å². The molecule has 0 N–H and O–H groups in total. The average molecular weight is 378 g/mol. The number of carbonyl (C=O) groups excluding carboxylic acids is 1. The Morgan fingerprint density at radius 1 is 1.07 bits per heavy atom. The molecule has 0 amide bonds. The topological polar surface area (TPSA) is 44.8 Å². The van der Waals surface area contributed by atoms with Crippen molar-refractivity contribution in [1.82, 2.24) is 0 Å². The third kappa shape index (κ3) is 3.92. The van der Waals surface area contributed by atoms with Gasteiger partial charge in [-0.1, -0.05) is 12.1 Å². The van der Waals surface area contributed by atoms with Crippen LogP contribution in [0.2, 0.25) is 0 Å². The molecule has 0 saturated carbocycles. The number of ether oxygens (including phenoxy) is 3. The summed E-state index contributed by atoms with van der Waals surface area (Å²) in [5.74, 6) is 0.872. The molecule has 0 saturated heterocycles. The number of methoxy groups -OCH3 is 2. The zero-order chi connectivity index (χ0) is 19.6. The van der Waals surface area contributed by atoms with Crippen LogP contribution in [0.15, 0.2) is 42.0 Å². The molecule has 0 spiro atoms. The van der Waals surface area contributed by atoms with Crippen LogP contribution in [0.3, 0.4) is 0 Å². The Labute approximate surface area is 154 Å². The number of ketones is 1. The number of rotatable bonds is 3. The van der Waals surface area contributed by atoms with Crippen molar-refractivity contribution in [2.24, 2.45) is 0 Å². The van der Waals surface area contributed by atoms with Gasteiger partial charge < -0.3 is 14.2 Å². The Bertz CT molecular complexity index is 883. The summed E-state index contributed by atoms with van der Waals surface area (Å²) < 4.78 is 54.2. The highest BCUT2D eigenvalue weighted by atomic mass is 19.4. The molecule has 142 valence electrons. The first-order chi connectivity index (χ1) is 12.8. The van der Waals surface area contributed by atoms with Gasteiger partial charge in [-0.3, -0.25) is 4.79 Å². The molecule has 4 nitrogen and oxygen atoms in total. The molecule has 27 heavy (non-hydrogen) atoms. The molecular weight excluding hydrogens is 361 g/mol. The summed E-state index contributed by atoms with van der Waals surface area (Å²) in [6.45, 7) is 0.252. The molecule has 0 atom stereocenters. The quantitative estimate of drug-likeness (QED) is 0.722. The van der Waals surface area contributed by atoms with Gasteiger partial charge in [0, 0.05) is 24.1 Å². The predicted octanol–water partition coefficient (Wildman–Crippen LogP) is 4.77. The first-order valence-electron chi connectivity index (χ1n) is 8.15. The fourth-order valence-corrected chi connectivity index (χ4v) is 2.83. The van der Waals surface area contributed by atoms with Gasteiger partial charge in [0.25, 0.3) is 0 Å². The molecule has 0 aliphatic carbocycles. The Morgan fingerprint density at radius 2 is 1.78 bits per heavy atom. The molecule has 2 aromatic rings. The maximum atomic E-state index is 13.0. The molecule has 1 aliphatic rings. The highest BCUT2D eigenvalue weighted by molar-refractivity contribution is 6.15. The van der Waals surface area contributed by atoms with Crippen LogP contribution in [0.4, 0.5) is 13.2 Å². The molecule has 0 radical (unpaired) electrons. The van der Waals surface area contributed by atoms with E-state index in [0.717, 1.165) is 12.1 Å². The van der Waals surface area contributed by atoms with Crippen LogP contribution >= 0.6 is 0 Å². The van der Waals surface area contributed by atoms with E-state index in [1.54, 1.807) is 18.2 Å². The highest BCUT2D eigenvalue weighted by Gasteiger charge is 2.30. The van der Waals surface area contributed by atoms with Crippen molar-refractivity contribution < 1.29 is 32.2 Å². The standard InChI is InChI=1S/C20H17F3O4/c1-25-15-10-16(26-2)18-17(11-15)27-8-7-13(19(18)24)9-12-3-5-14(6-4-12)20(21,22)23/h3-6,9-11H,7-8H2,1-2H3/b13-9+. The average Bonchev–Trinajstić information content (AvgIpc) is 2.80. The normalized spacial score (nSPS) is 15.7. The van der Waals surface area contributed by atoms with E-state index in [9.17, 15) is 18.0 Å². The summed E-state index contributed by atoms with van der Waals surface area (Å²) >= 11 is 0. The van der Waals surface area contributed by atoms with Crippen LogP contribution in [0.1, 0.15) is 27.9 Å². The van der Waals surface area contributed by atoms with Gasteiger partial charge in [-0.25, -0.2) is 0 Å². The summed E-state index contributed by atoms with van der Waals surface area (Å²) in [5, 5.41) is 0. The second kappa shape index (κ2) is 7.34. The van der Waals surface area contributed by atoms with Crippen molar-refractivity contribution in [3.05, 3.63) is 58.7 Å². The minimum Gasteiger partial charge on any atom is -0.496 e. The molecular formula is C20H17F3O4. The number of Topliss-reactive ketones (excluding diaryl/α,β-unsaturated/α-hetero) is 1. The van der Waals surface area contributed by atoms with Crippen LogP contribution in [0, 0.1) is 0 Å². The largest absolute Gasteiger partial charge is 0.496 e. The van der Waals surface area contributed by atoms with E-state index in [2.05, 4.69) is 0 Å². The van der Waals surface area contributed by atoms with Crippen molar-refractivity contribution in [2.45, 2.75) is 12.6 Å². The number of fused-ring (bicyclic) bond motifs is 1. The SMILES string of the molecule is COc1cc(OC)c2c(c1)OCC/C(=C\c1ccc(C(F)(F)F)cc1)C2=O. The van der Waals surface area contributed by atoms with Gasteiger partial charge in [-0.2, -0.15) is 13.2 Å². The lowest BCUT2D eigenvalue weighted by Gasteiger charge is -2.13. The Hall–Kier alpha value is -2.96. The van der Waals surface area contributed by atoms with Crippen molar-refractivity contribution in [1.29, 1.82) is 0 Å². The second-order valence-corrected chi connectivity index (χ2v) is 5.92. The smallest absolute Gasteiger partial charge is 0.416 e. The van der Waals surface area contributed by atoms with E-state index in [1.807, 2.05) is 0 Å². The maximum Gasteiger partial charge on any atom is 0.416 e. The summed E-state index contributed by atoms with van der Waals surface area (Å²) in [6.07, 6.45) is -2.51. The van der Waals surface area contributed by atoms with E-state index >= 15 is 0 Å². The fraction of sp³-hybridized carbons (Fsp3) is 0.250. The third-order valence-corrected chi connectivity index (χ3v) is 4.22. The van der Waals surface area contributed by atoms with Crippen molar-refractivity contribution in [2.75, 3.05) is 20.8 Å². The molecule has 0 bridgehead atoms. The third-order valence-electron chi connectivity index (χ3n) is 4.22. The van der Waals surface area contributed by atoms with Crippen molar-refractivity contribution >= 4 is 11.9 Å². The van der Waals surface area contributed by atoms with E-state index in [-0.39, 0.29) is 18.0 Å². The van der Waals surface area contributed by atoms with Gasteiger partial charge in [0.05, 0.1) is 26.4 Å². The lowest BCUT2D eigenvalue weighted by molar-refractivity contribution is -0.137. The minimum atomic E-state index is -4.40. The first kappa shape index (κ1) is 18.8. The summed E-state index contributed by atoms with van der Waals surface area (Å²) in [6, 6.07) is 7.84. The summed E-state index contributed by atoms with van der Waals surface area (Å²) in [7, 11) is 2.93. The number of benzene rings is 2. The van der Waals surface area contributed by atoms with Gasteiger partial charge in [0.2, 0.25) is 0 Å². The van der Waals surface area contributed by atoms with E-state index in [0.29, 0.717) is 34.8 Å². The molecule has 0 fully saturated rings. The van der Waals surface area contributed by atoms with Gasteiger partial charge in [0.15, 0.2) is 5.78 Å². The molecule has 2 aromatic carbocycles. The summed E-state index contributed by atoms with van der Waals surface area (Å²) in [5.41, 5.74) is 0.465.